The van der Waals surface area contributed by atoms with Crippen LogP contribution in [0.15, 0.2) is 29.2 Å². The number of thioether (sulfide) groups is 1. The van der Waals surface area contributed by atoms with E-state index in [1.54, 1.807) is 27.9 Å². The number of benzene rings is 1. The Morgan fingerprint density at radius 2 is 1.92 bits per heavy atom. The Morgan fingerprint density at radius 1 is 1.31 bits per heavy atom. The van der Waals surface area contributed by atoms with E-state index >= 15 is 0 Å². The number of nitrogens with two attached hydrogens (primary N) is 1. The van der Waals surface area contributed by atoms with Crippen molar-refractivity contribution in [2.24, 2.45) is 5.73 Å². The molecule has 0 radical (unpaired) electrons. The normalized spacial score (nSPS) is 11.5. The number of hydrogen-bond acceptors (Lipinski definition) is 5. The van der Waals surface area contributed by atoms with Crippen LogP contribution < -0.4 is 5.73 Å². The van der Waals surface area contributed by atoms with Gasteiger partial charge in [0.2, 0.25) is 0 Å². The molecule has 0 saturated carbocycles. The number of nitrogens with zero attached hydrogens (tertiary/aromatic N) is 2. The summed E-state index contributed by atoms with van der Waals surface area (Å²) < 4.78 is 6.11. The van der Waals surface area contributed by atoms with Gasteiger partial charge in [-0.15, -0.1) is 11.8 Å². The summed E-state index contributed by atoms with van der Waals surface area (Å²) in [5, 5.41) is 9.25. The second-order valence-corrected chi connectivity index (χ2v) is 8.02. The van der Waals surface area contributed by atoms with Gasteiger partial charge in [0.05, 0.1) is 6.61 Å². The molecular weight excluding hydrogens is 354 g/mol. The third-order valence-corrected chi connectivity index (χ3v) is 5.17. The minimum Gasteiger partial charge on any atom is -0.480 e. The molecule has 1 aromatic carbocycles. The van der Waals surface area contributed by atoms with Crippen molar-refractivity contribution < 1.29 is 19.4 Å². The summed E-state index contributed by atoms with van der Waals surface area (Å²) in [6.07, 6.45) is 0. The van der Waals surface area contributed by atoms with Crippen molar-refractivity contribution in [3.05, 3.63) is 35.7 Å². The minimum absolute atomic E-state index is 0.238. The standard InChI is InChI=1S/C18H23N3O4S/c1-11-14(15(19)22)20-16(21(11)9-10-25-4)12-5-7-13(8-6-12)26-18(2,3)17(23)24/h5-8H,9-10H2,1-4H3,(H2,19,22)(H,23,24). The van der Waals surface area contributed by atoms with Crippen LogP contribution in [0.3, 0.4) is 0 Å². The fourth-order valence-corrected chi connectivity index (χ4v) is 3.40. The number of carbonyl (C=O) groups is 2. The third-order valence-electron chi connectivity index (χ3n) is 3.97. The van der Waals surface area contributed by atoms with E-state index in [0.717, 1.165) is 10.5 Å². The van der Waals surface area contributed by atoms with Gasteiger partial charge in [-0.25, -0.2) is 4.98 Å². The molecule has 8 heteroatoms. The summed E-state index contributed by atoms with van der Waals surface area (Å²) in [5.74, 6) is -0.818. The van der Waals surface area contributed by atoms with E-state index in [1.807, 2.05) is 28.8 Å². The smallest absolute Gasteiger partial charge is 0.319 e. The van der Waals surface area contributed by atoms with E-state index in [1.165, 1.54) is 11.8 Å². The van der Waals surface area contributed by atoms with E-state index in [2.05, 4.69) is 4.98 Å². The molecule has 140 valence electrons. The first-order chi connectivity index (χ1) is 12.2. The molecule has 0 aliphatic rings. The molecule has 0 fully saturated rings. The molecule has 3 N–H and O–H groups in total. The van der Waals surface area contributed by atoms with E-state index in [9.17, 15) is 14.7 Å². The van der Waals surface area contributed by atoms with Gasteiger partial charge in [0.25, 0.3) is 5.91 Å². The quantitative estimate of drug-likeness (QED) is 0.685. The number of amides is 1. The van der Waals surface area contributed by atoms with E-state index < -0.39 is 16.6 Å². The number of hydrogen-bond donors (Lipinski definition) is 2. The molecular formula is C18H23N3O4S. The van der Waals surface area contributed by atoms with Crippen molar-refractivity contribution in [2.75, 3.05) is 13.7 Å². The van der Waals surface area contributed by atoms with Gasteiger partial charge in [-0.2, -0.15) is 0 Å². The Balaban J connectivity index is 2.37. The highest BCUT2D eigenvalue weighted by molar-refractivity contribution is 8.01. The maximum atomic E-state index is 11.6. The van der Waals surface area contributed by atoms with Gasteiger partial charge < -0.3 is 20.1 Å². The average molecular weight is 377 g/mol. The number of rotatable bonds is 8. The number of carbonyl (C=O) groups excluding carboxylic acids is 1. The molecule has 0 aliphatic carbocycles. The lowest BCUT2D eigenvalue weighted by atomic mass is 10.2. The first kappa shape index (κ1) is 20.0. The highest BCUT2D eigenvalue weighted by Crippen LogP contribution is 2.34. The fraction of sp³-hybridized carbons (Fsp3) is 0.389. The SMILES string of the molecule is COCCn1c(-c2ccc(SC(C)(C)C(=O)O)cc2)nc(C(N)=O)c1C. The maximum Gasteiger partial charge on any atom is 0.319 e. The highest BCUT2D eigenvalue weighted by Gasteiger charge is 2.28. The van der Waals surface area contributed by atoms with Crippen LogP contribution in [0.5, 0.6) is 0 Å². The van der Waals surface area contributed by atoms with Crippen molar-refractivity contribution in [1.82, 2.24) is 9.55 Å². The van der Waals surface area contributed by atoms with E-state index in [0.29, 0.717) is 24.7 Å². The summed E-state index contributed by atoms with van der Waals surface area (Å²) in [6.45, 7) is 6.14. The van der Waals surface area contributed by atoms with Crippen LogP contribution in [0, 0.1) is 6.92 Å². The topological polar surface area (TPSA) is 107 Å². The monoisotopic (exact) mass is 377 g/mol. The van der Waals surface area contributed by atoms with Crippen LogP contribution in [0.25, 0.3) is 11.4 Å². The minimum atomic E-state index is -0.922. The van der Waals surface area contributed by atoms with Gasteiger partial charge in [0.15, 0.2) is 0 Å². The van der Waals surface area contributed by atoms with Crippen molar-refractivity contribution in [1.29, 1.82) is 0 Å². The zero-order valence-corrected chi connectivity index (χ0v) is 16.1. The lowest BCUT2D eigenvalue weighted by molar-refractivity contribution is -0.138. The molecule has 26 heavy (non-hydrogen) atoms. The fourth-order valence-electron chi connectivity index (χ4n) is 2.45. The van der Waals surface area contributed by atoms with Crippen molar-refractivity contribution in [3.8, 4) is 11.4 Å². The summed E-state index contributed by atoms with van der Waals surface area (Å²) in [7, 11) is 1.61. The number of imidazole rings is 1. The molecule has 1 aromatic heterocycles. The van der Waals surface area contributed by atoms with Crippen LogP contribution in [0.1, 0.15) is 30.0 Å². The zero-order valence-electron chi connectivity index (χ0n) is 15.3. The molecule has 7 nitrogen and oxygen atoms in total. The van der Waals surface area contributed by atoms with Crippen molar-refractivity contribution >= 4 is 23.6 Å². The van der Waals surface area contributed by atoms with Crippen LogP contribution >= 0.6 is 11.8 Å². The van der Waals surface area contributed by atoms with E-state index in [4.69, 9.17) is 10.5 Å². The third kappa shape index (κ3) is 4.25. The van der Waals surface area contributed by atoms with Gasteiger partial charge in [-0.05, 0) is 32.9 Å². The Hall–Kier alpha value is -2.32. The van der Waals surface area contributed by atoms with Gasteiger partial charge in [0.1, 0.15) is 16.3 Å². The lowest BCUT2D eigenvalue weighted by Gasteiger charge is -2.18. The largest absolute Gasteiger partial charge is 0.480 e. The molecule has 0 unspecified atom stereocenters. The molecule has 1 amide bonds. The van der Waals surface area contributed by atoms with Crippen molar-refractivity contribution in [3.63, 3.8) is 0 Å². The molecule has 1 heterocycles. The van der Waals surface area contributed by atoms with Crippen LogP contribution in [-0.2, 0) is 16.1 Å². The number of carboxylic acids is 1. The molecule has 0 saturated heterocycles. The Bertz CT molecular complexity index is 813. The number of aromatic nitrogens is 2. The van der Waals surface area contributed by atoms with Crippen molar-refractivity contribution in [2.45, 2.75) is 37.0 Å². The molecule has 2 rings (SSSR count). The summed E-state index contributed by atoms with van der Waals surface area (Å²) >= 11 is 1.27. The highest BCUT2D eigenvalue weighted by atomic mass is 32.2. The molecule has 2 aromatic rings. The number of carboxylic acid groups (broad SMARTS) is 1. The summed E-state index contributed by atoms with van der Waals surface area (Å²) in [6, 6.07) is 7.41. The van der Waals surface area contributed by atoms with Crippen LogP contribution in [0.2, 0.25) is 0 Å². The predicted molar refractivity (Wildman–Crippen MR) is 100 cm³/mol. The molecule has 0 spiro atoms. The summed E-state index contributed by atoms with van der Waals surface area (Å²) in [4.78, 5) is 28.1. The van der Waals surface area contributed by atoms with Crippen LogP contribution in [-0.4, -0.2) is 45.0 Å². The maximum absolute atomic E-state index is 11.6. The lowest BCUT2D eigenvalue weighted by Crippen LogP contribution is -2.26. The van der Waals surface area contributed by atoms with Gasteiger partial charge >= 0.3 is 5.97 Å². The number of aliphatic carboxylic acids is 1. The Kier molecular flexibility index (Phi) is 6.09. The van der Waals surface area contributed by atoms with E-state index in [-0.39, 0.29) is 5.69 Å². The molecule has 0 bridgehead atoms. The summed E-state index contributed by atoms with van der Waals surface area (Å²) in [5.41, 5.74) is 7.16. The number of primary amides is 1. The Labute approximate surface area is 156 Å². The number of ether oxygens (including phenoxy) is 1. The van der Waals surface area contributed by atoms with Gasteiger partial charge in [-0.1, -0.05) is 12.1 Å². The average Bonchev–Trinajstić information content (AvgIpc) is 2.90. The first-order valence-corrected chi connectivity index (χ1v) is 8.87. The first-order valence-electron chi connectivity index (χ1n) is 8.06. The Morgan fingerprint density at radius 3 is 2.42 bits per heavy atom. The number of methoxy groups -OCH3 is 1. The van der Waals surface area contributed by atoms with Crippen LogP contribution in [0.4, 0.5) is 0 Å². The zero-order chi connectivity index (χ0) is 19.5. The molecule has 0 atom stereocenters. The second kappa shape index (κ2) is 7.92. The van der Waals surface area contributed by atoms with Gasteiger partial charge in [-0.3, -0.25) is 9.59 Å². The molecule has 0 aliphatic heterocycles. The predicted octanol–water partition coefficient (Wildman–Crippen LogP) is 2.56. The second-order valence-electron chi connectivity index (χ2n) is 6.32. The van der Waals surface area contributed by atoms with Gasteiger partial charge in [0, 0.05) is 29.8 Å².